The molecule has 2 amide bonds. The van der Waals surface area contributed by atoms with Gasteiger partial charge in [0.05, 0.1) is 11.6 Å². The molecule has 0 bridgehead atoms. The Bertz CT molecular complexity index is 678. The summed E-state index contributed by atoms with van der Waals surface area (Å²) in [6.45, 7) is 9.92. The monoisotopic (exact) mass is 355 g/mol. The van der Waals surface area contributed by atoms with E-state index in [-0.39, 0.29) is 18.2 Å². The second kappa shape index (κ2) is 8.35. The van der Waals surface area contributed by atoms with Gasteiger partial charge >= 0.3 is 0 Å². The third kappa shape index (κ3) is 5.87. The van der Waals surface area contributed by atoms with Crippen LogP contribution in [0.3, 0.4) is 0 Å². The second-order valence-corrected chi connectivity index (χ2v) is 8.50. The van der Waals surface area contributed by atoms with Gasteiger partial charge in [0.1, 0.15) is 0 Å². The van der Waals surface area contributed by atoms with Crippen LogP contribution in [0.2, 0.25) is 0 Å². The fraction of sp³-hybridized carbons (Fsp3) is 0.571. The highest BCUT2D eigenvalue weighted by atomic mass is 16.2. The molecular weight excluding hydrogens is 326 g/mol. The van der Waals surface area contributed by atoms with Crippen molar-refractivity contribution in [2.24, 2.45) is 17.3 Å². The summed E-state index contributed by atoms with van der Waals surface area (Å²) in [4.78, 5) is 27.0. The summed E-state index contributed by atoms with van der Waals surface area (Å²) in [6.07, 6.45) is 1.81. The van der Waals surface area contributed by atoms with Crippen molar-refractivity contribution >= 4 is 17.5 Å². The topological polar surface area (TPSA) is 73.2 Å². The van der Waals surface area contributed by atoms with E-state index in [9.17, 15) is 9.59 Å². The van der Waals surface area contributed by atoms with Crippen LogP contribution in [-0.2, 0) is 9.59 Å². The number of hydrogen-bond donors (Lipinski definition) is 1. The normalized spacial score (nSPS) is 20.3. The van der Waals surface area contributed by atoms with Gasteiger partial charge < -0.3 is 10.2 Å². The minimum absolute atomic E-state index is 0.118. The zero-order valence-corrected chi connectivity index (χ0v) is 16.2. The number of nitriles is 1. The Morgan fingerprint density at radius 3 is 2.27 bits per heavy atom. The lowest BCUT2D eigenvalue weighted by molar-refractivity contribution is -0.136. The molecule has 2 rings (SSSR count). The van der Waals surface area contributed by atoms with Crippen LogP contribution in [0, 0.1) is 28.6 Å². The van der Waals surface area contributed by atoms with E-state index < -0.39 is 5.41 Å². The predicted octanol–water partition coefficient (Wildman–Crippen LogP) is 3.81. The molecule has 0 spiro atoms. The average Bonchev–Trinajstić information content (AvgIpc) is 2.53. The summed E-state index contributed by atoms with van der Waals surface area (Å²) < 4.78 is 0. The number of nitrogens with zero attached hydrogens (tertiary/aromatic N) is 2. The van der Waals surface area contributed by atoms with Crippen molar-refractivity contribution in [3.8, 4) is 6.07 Å². The summed E-state index contributed by atoms with van der Waals surface area (Å²) in [5.41, 5.74) is 0.811. The molecule has 1 aliphatic heterocycles. The van der Waals surface area contributed by atoms with Crippen LogP contribution in [0.5, 0.6) is 0 Å². The number of anilines is 1. The Kier molecular flexibility index (Phi) is 6.42. The van der Waals surface area contributed by atoms with E-state index >= 15 is 0 Å². The molecule has 1 saturated heterocycles. The number of benzene rings is 1. The Hall–Kier alpha value is -2.35. The second-order valence-electron chi connectivity index (χ2n) is 8.50. The molecule has 1 aromatic rings. The number of piperidine rings is 1. The zero-order valence-electron chi connectivity index (χ0n) is 16.2. The Morgan fingerprint density at radius 2 is 1.73 bits per heavy atom. The first-order valence-corrected chi connectivity index (χ1v) is 9.26. The molecule has 0 radical (unpaired) electrons. The standard InChI is InChI=1S/C21H29N3O2/c1-15-9-16(2)14-24(13-15)20(26)11-21(3,4)10-19(25)23-18-7-5-17(12-22)6-8-18/h5-8,15-16H,9-11,13-14H2,1-4H3,(H,23,25). The van der Waals surface area contributed by atoms with Gasteiger partial charge in [0.15, 0.2) is 0 Å². The zero-order chi connectivity index (χ0) is 19.3. The number of rotatable bonds is 5. The highest BCUT2D eigenvalue weighted by Gasteiger charge is 2.31. The highest BCUT2D eigenvalue weighted by Crippen LogP contribution is 2.29. The Balaban J connectivity index is 1.89. The lowest BCUT2D eigenvalue weighted by Crippen LogP contribution is -2.44. The van der Waals surface area contributed by atoms with Crippen LogP contribution in [0.1, 0.15) is 52.5 Å². The van der Waals surface area contributed by atoms with Gasteiger partial charge in [-0.2, -0.15) is 5.26 Å². The van der Waals surface area contributed by atoms with Gasteiger partial charge in [0.25, 0.3) is 0 Å². The quantitative estimate of drug-likeness (QED) is 0.873. The number of carbonyl (C=O) groups is 2. The van der Waals surface area contributed by atoms with Crippen molar-refractivity contribution in [2.45, 2.75) is 47.0 Å². The van der Waals surface area contributed by atoms with E-state index in [1.807, 2.05) is 24.8 Å². The van der Waals surface area contributed by atoms with Gasteiger partial charge in [-0.15, -0.1) is 0 Å². The fourth-order valence-corrected chi connectivity index (χ4v) is 3.72. The van der Waals surface area contributed by atoms with Crippen LogP contribution in [0.15, 0.2) is 24.3 Å². The maximum Gasteiger partial charge on any atom is 0.224 e. The molecule has 2 unspecified atom stereocenters. The molecule has 2 atom stereocenters. The van der Waals surface area contributed by atoms with Crippen molar-refractivity contribution in [1.29, 1.82) is 5.26 Å². The maximum absolute atomic E-state index is 12.7. The van der Waals surface area contributed by atoms with Crippen LogP contribution in [-0.4, -0.2) is 29.8 Å². The lowest BCUT2D eigenvalue weighted by Gasteiger charge is -2.37. The molecule has 1 aliphatic rings. The number of hydrogen-bond acceptors (Lipinski definition) is 3. The lowest BCUT2D eigenvalue weighted by atomic mass is 9.83. The predicted molar refractivity (Wildman–Crippen MR) is 102 cm³/mol. The Labute approximate surface area is 156 Å². The van der Waals surface area contributed by atoms with E-state index in [1.54, 1.807) is 24.3 Å². The van der Waals surface area contributed by atoms with Crippen LogP contribution >= 0.6 is 0 Å². The van der Waals surface area contributed by atoms with Crippen molar-refractivity contribution in [3.63, 3.8) is 0 Å². The van der Waals surface area contributed by atoms with Crippen molar-refractivity contribution in [3.05, 3.63) is 29.8 Å². The van der Waals surface area contributed by atoms with Gasteiger partial charge in [0.2, 0.25) is 11.8 Å². The molecule has 5 nitrogen and oxygen atoms in total. The minimum atomic E-state index is -0.405. The minimum Gasteiger partial charge on any atom is -0.342 e. The van der Waals surface area contributed by atoms with E-state index in [0.29, 0.717) is 29.5 Å². The summed E-state index contributed by atoms with van der Waals surface area (Å²) in [5, 5.41) is 11.7. The van der Waals surface area contributed by atoms with Crippen molar-refractivity contribution in [1.82, 2.24) is 4.90 Å². The van der Waals surface area contributed by atoms with E-state index in [1.165, 1.54) is 6.42 Å². The fourth-order valence-electron chi connectivity index (χ4n) is 3.72. The smallest absolute Gasteiger partial charge is 0.224 e. The van der Waals surface area contributed by atoms with Crippen molar-refractivity contribution < 1.29 is 9.59 Å². The molecule has 1 fully saturated rings. The summed E-state index contributed by atoms with van der Waals surface area (Å²) in [7, 11) is 0. The number of nitrogens with one attached hydrogen (secondary N) is 1. The molecule has 26 heavy (non-hydrogen) atoms. The largest absolute Gasteiger partial charge is 0.342 e. The van der Waals surface area contributed by atoms with E-state index in [2.05, 4.69) is 19.2 Å². The molecule has 1 aromatic carbocycles. The number of amides is 2. The van der Waals surface area contributed by atoms with Gasteiger partial charge in [0, 0.05) is 31.6 Å². The summed E-state index contributed by atoms with van der Waals surface area (Å²) in [6, 6.07) is 8.82. The van der Waals surface area contributed by atoms with Gasteiger partial charge in [-0.3, -0.25) is 9.59 Å². The molecule has 5 heteroatoms. The van der Waals surface area contributed by atoms with Gasteiger partial charge in [-0.1, -0.05) is 27.7 Å². The number of carbonyl (C=O) groups excluding carboxylic acids is 2. The summed E-state index contributed by atoms with van der Waals surface area (Å²) in [5.74, 6) is 1.09. The molecule has 1 N–H and O–H groups in total. The molecule has 0 saturated carbocycles. The Morgan fingerprint density at radius 1 is 1.15 bits per heavy atom. The third-order valence-corrected chi connectivity index (χ3v) is 4.79. The summed E-state index contributed by atoms with van der Waals surface area (Å²) >= 11 is 0. The van der Waals surface area contributed by atoms with E-state index in [4.69, 9.17) is 5.26 Å². The van der Waals surface area contributed by atoms with Gasteiger partial charge in [-0.25, -0.2) is 0 Å². The van der Waals surface area contributed by atoms with Crippen LogP contribution in [0.4, 0.5) is 5.69 Å². The maximum atomic E-state index is 12.7. The molecule has 0 aliphatic carbocycles. The van der Waals surface area contributed by atoms with Crippen molar-refractivity contribution in [2.75, 3.05) is 18.4 Å². The van der Waals surface area contributed by atoms with Crippen LogP contribution < -0.4 is 5.32 Å². The van der Waals surface area contributed by atoms with Crippen LogP contribution in [0.25, 0.3) is 0 Å². The molecular formula is C21H29N3O2. The number of likely N-dealkylation sites (tertiary alicyclic amines) is 1. The first-order valence-electron chi connectivity index (χ1n) is 9.26. The molecule has 1 heterocycles. The average molecular weight is 355 g/mol. The SMILES string of the molecule is CC1CC(C)CN(C(=O)CC(C)(C)CC(=O)Nc2ccc(C#N)cc2)C1. The van der Waals surface area contributed by atoms with Gasteiger partial charge in [-0.05, 0) is 47.9 Å². The highest BCUT2D eigenvalue weighted by molar-refractivity contribution is 5.91. The third-order valence-electron chi connectivity index (χ3n) is 4.79. The molecule has 140 valence electrons. The first kappa shape index (κ1) is 20.0. The molecule has 0 aromatic heterocycles. The first-order chi connectivity index (χ1) is 12.2. The van der Waals surface area contributed by atoms with E-state index in [0.717, 1.165) is 13.1 Å².